The van der Waals surface area contributed by atoms with E-state index in [1.165, 1.54) is 0 Å². The highest BCUT2D eigenvalue weighted by molar-refractivity contribution is 9.10. The maximum Gasteiger partial charge on any atom is 0.421 e. The molecule has 3 N–H and O–H groups in total. The van der Waals surface area contributed by atoms with Crippen molar-refractivity contribution < 1.29 is 18.3 Å². The molecule has 0 saturated carbocycles. The van der Waals surface area contributed by atoms with Gasteiger partial charge in [0.25, 0.3) is 0 Å². The summed E-state index contributed by atoms with van der Waals surface area (Å²) >= 11 is 3.32. The monoisotopic (exact) mass is 418 g/mol. The molecule has 0 spiro atoms. The van der Waals surface area contributed by atoms with E-state index in [1.807, 2.05) is 6.07 Å². The van der Waals surface area contributed by atoms with Crippen LogP contribution in [-0.4, -0.2) is 27.7 Å². The molecule has 9 heteroatoms. The van der Waals surface area contributed by atoms with Gasteiger partial charge in [-0.25, -0.2) is 4.98 Å². The largest absolute Gasteiger partial charge is 0.421 e. The van der Waals surface area contributed by atoms with Gasteiger partial charge in [0.05, 0.1) is 12.6 Å². The molecule has 2 aromatic rings. The summed E-state index contributed by atoms with van der Waals surface area (Å²) in [6.07, 6.45) is -3.88. The van der Waals surface area contributed by atoms with Gasteiger partial charge in [0.2, 0.25) is 5.95 Å². The molecule has 1 aromatic carbocycles. The zero-order valence-electron chi connectivity index (χ0n) is 13.6. The highest BCUT2D eigenvalue weighted by atomic mass is 79.9. The summed E-state index contributed by atoms with van der Waals surface area (Å²) in [5.41, 5.74) is -0.353. The Kier molecular flexibility index (Phi) is 6.23. The van der Waals surface area contributed by atoms with Crippen molar-refractivity contribution in [1.29, 1.82) is 0 Å². The summed E-state index contributed by atoms with van der Waals surface area (Å²) in [7, 11) is 0. The Balaban J connectivity index is 2.36. The summed E-state index contributed by atoms with van der Waals surface area (Å²) in [5.74, 6) is -0.427. The number of rotatable bonds is 6. The quantitative estimate of drug-likeness (QED) is 0.647. The Morgan fingerprint density at radius 1 is 1.28 bits per heavy atom. The second-order valence-corrected chi connectivity index (χ2v) is 6.68. The number of alkyl halides is 3. The summed E-state index contributed by atoms with van der Waals surface area (Å²) in [4.78, 5) is 7.70. The Labute approximate surface area is 151 Å². The van der Waals surface area contributed by atoms with Gasteiger partial charge in [0.1, 0.15) is 11.4 Å². The van der Waals surface area contributed by atoms with E-state index in [2.05, 4.69) is 36.5 Å². The first kappa shape index (κ1) is 19.5. The number of halogens is 4. The fraction of sp³-hybridized carbons (Fsp3) is 0.375. The van der Waals surface area contributed by atoms with Crippen LogP contribution in [0.4, 0.5) is 30.6 Å². The van der Waals surface area contributed by atoms with Gasteiger partial charge in [-0.15, -0.1) is 0 Å². The Morgan fingerprint density at radius 3 is 2.56 bits per heavy atom. The third kappa shape index (κ3) is 5.30. The lowest BCUT2D eigenvalue weighted by atomic mass is 10.1. The SMILES string of the molecule is CC(C)C(CO)Nc1nc(Nc2cccc(Br)c2)ncc1C(F)(F)F. The van der Waals surface area contributed by atoms with Gasteiger partial charge < -0.3 is 15.7 Å². The van der Waals surface area contributed by atoms with E-state index in [4.69, 9.17) is 0 Å². The molecule has 0 saturated heterocycles. The van der Waals surface area contributed by atoms with Crippen LogP contribution in [0.25, 0.3) is 0 Å². The fourth-order valence-electron chi connectivity index (χ4n) is 2.05. The number of aromatic nitrogens is 2. The van der Waals surface area contributed by atoms with Gasteiger partial charge in [-0.1, -0.05) is 35.8 Å². The van der Waals surface area contributed by atoms with Crippen LogP contribution in [0.1, 0.15) is 19.4 Å². The van der Waals surface area contributed by atoms with Crippen LogP contribution < -0.4 is 10.6 Å². The summed E-state index contributed by atoms with van der Waals surface area (Å²) < 4.78 is 40.4. The molecule has 0 aliphatic rings. The highest BCUT2D eigenvalue weighted by Crippen LogP contribution is 2.34. The van der Waals surface area contributed by atoms with Crippen molar-refractivity contribution in [2.24, 2.45) is 5.92 Å². The minimum atomic E-state index is -4.60. The first-order chi connectivity index (χ1) is 11.7. The number of nitrogens with zero attached hydrogens (tertiary/aromatic N) is 2. The molecule has 0 bridgehead atoms. The molecular formula is C16H18BrF3N4O. The number of hydrogen-bond donors (Lipinski definition) is 3. The average Bonchev–Trinajstić information content (AvgIpc) is 2.51. The van der Waals surface area contributed by atoms with Gasteiger partial charge in [-0.2, -0.15) is 18.2 Å². The normalized spacial score (nSPS) is 13.0. The minimum absolute atomic E-state index is 0.0223. The third-order valence-electron chi connectivity index (χ3n) is 3.50. The van der Waals surface area contributed by atoms with Crippen LogP contribution in [-0.2, 0) is 6.18 Å². The van der Waals surface area contributed by atoms with Crippen molar-refractivity contribution in [1.82, 2.24) is 9.97 Å². The van der Waals surface area contributed by atoms with Crippen LogP contribution in [0, 0.1) is 5.92 Å². The molecule has 136 valence electrons. The van der Waals surface area contributed by atoms with Crippen molar-refractivity contribution in [2.45, 2.75) is 26.1 Å². The second-order valence-electron chi connectivity index (χ2n) is 5.77. The number of benzene rings is 1. The molecule has 1 atom stereocenters. The standard InChI is InChI=1S/C16H18BrF3N4O/c1-9(2)13(8-25)23-14-12(16(18,19)20)7-21-15(24-14)22-11-5-3-4-10(17)6-11/h3-7,9,13,25H,8H2,1-2H3,(H2,21,22,23,24). The average molecular weight is 419 g/mol. The van der Waals surface area contributed by atoms with E-state index in [1.54, 1.807) is 32.0 Å². The smallest absolute Gasteiger partial charge is 0.394 e. The Morgan fingerprint density at radius 2 is 2.00 bits per heavy atom. The van der Waals surface area contributed by atoms with Crippen molar-refractivity contribution >= 4 is 33.4 Å². The number of hydrogen-bond acceptors (Lipinski definition) is 5. The maximum absolute atomic E-state index is 13.2. The first-order valence-corrected chi connectivity index (χ1v) is 8.34. The predicted molar refractivity (Wildman–Crippen MR) is 93.8 cm³/mol. The van der Waals surface area contributed by atoms with Crippen LogP contribution in [0.3, 0.4) is 0 Å². The lowest BCUT2D eigenvalue weighted by molar-refractivity contribution is -0.137. The van der Waals surface area contributed by atoms with Crippen LogP contribution in [0.5, 0.6) is 0 Å². The minimum Gasteiger partial charge on any atom is -0.394 e. The van der Waals surface area contributed by atoms with Crippen molar-refractivity contribution in [3.05, 3.63) is 40.5 Å². The van der Waals surface area contributed by atoms with E-state index in [0.29, 0.717) is 5.69 Å². The van der Waals surface area contributed by atoms with E-state index in [0.717, 1.165) is 10.7 Å². The van der Waals surface area contributed by atoms with Gasteiger partial charge in [-0.05, 0) is 24.1 Å². The van der Waals surface area contributed by atoms with Gasteiger partial charge >= 0.3 is 6.18 Å². The maximum atomic E-state index is 13.2. The molecule has 5 nitrogen and oxygen atoms in total. The summed E-state index contributed by atoms with van der Waals surface area (Å²) in [6.45, 7) is 3.28. The van der Waals surface area contributed by atoms with Crippen molar-refractivity contribution in [3.63, 3.8) is 0 Å². The molecule has 0 fully saturated rings. The lowest BCUT2D eigenvalue weighted by Crippen LogP contribution is -2.31. The summed E-state index contributed by atoms with van der Waals surface area (Å²) in [6, 6.07) is 6.52. The molecule has 0 amide bonds. The van der Waals surface area contributed by atoms with E-state index >= 15 is 0 Å². The van der Waals surface area contributed by atoms with Crippen LogP contribution >= 0.6 is 15.9 Å². The highest BCUT2D eigenvalue weighted by Gasteiger charge is 2.36. The van der Waals surface area contributed by atoms with Crippen molar-refractivity contribution in [2.75, 3.05) is 17.2 Å². The van der Waals surface area contributed by atoms with E-state index < -0.39 is 17.8 Å². The Bertz CT molecular complexity index is 725. The van der Waals surface area contributed by atoms with E-state index in [9.17, 15) is 18.3 Å². The molecule has 0 aliphatic heterocycles. The number of aliphatic hydroxyl groups excluding tert-OH is 1. The number of anilines is 3. The van der Waals surface area contributed by atoms with Gasteiger partial charge in [-0.3, -0.25) is 0 Å². The second kappa shape index (κ2) is 8.01. The number of aliphatic hydroxyl groups is 1. The zero-order valence-corrected chi connectivity index (χ0v) is 15.2. The molecule has 1 heterocycles. The molecule has 25 heavy (non-hydrogen) atoms. The van der Waals surface area contributed by atoms with Crippen molar-refractivity contribution in [3.8, 4) is 0 Å². The lowest BCUT2D eigenvalue weighted by Gasteiger charge is -2.23. The number of nitrogens with one attached hydrogen (secondary N) is 2. The van der Waals surface area contributed by atoms with E-state index in [-0.39, 0.29) is 24.3 Å². The molecule has 1 aromatic heterocycles. The van der Waals surface area contributed by atoms with Crippen LogP contribution in [0.2, 0.25) is 0 Å². The Hall–Kier alpha value is -1.87. The molecule has 0 radical (unpaired) electrons. The molecule has 0 aliphatic carbocycles. The molecule has 2 rings (SSSR count). The third-order valence-corrected chi connectivity index (χ3v) is 3.99. The zero-order chi connectivity index (χ0) is 18.6. The summed E-state index contributed by atoms with van der Waals surface area (Å²) in [5, 5.41) is 14.9. The molecular weight excluding hydrogens is 401 g/mol. The molecule has 1 unspecified atom stereocenters. The van der Waals surface area contributed by atoms with Gasteiger partial charge in [0, 0.05) is 16.4 Å². The van der Waals surface area contributed by atoms with Crippen LogP contribution in [0.15, 0.2) is 34.9 Å². The van der Waals surface area contributed by atoms with Gasteiger partial charge in [0.15, 0.2) is 0 Å². The first-order valence-electron chi connectivity index (χ1n) is 7.55. The topological polar surface area (TPSA) is 70.1 Å². The fourth-order valence-corrected chi connectivity index (χ4v) is 2.45. The predicted octanol–water partition coefficient (Wildman–Crippen LogP) is 4.43.